The molecule has 2 saturated heterocycles. The normalized spacial score (nSPS) is 21.3. The lowest BCUT2D eigenvalue weighted by atomic mass is 9.99. The zero-order valence-electron chi connectivity index (χ0n) is 12.4. The van der Waals surface area contributed by atoms with Crippen molar-refractivity contribution in [2.75, 3.05) is 31.7 Å². The van der Waals surface area contributed by atoms with Gasteiger partial charge in [-0.15, -0.1) is 0 Å². The van der Waals surface area contributed by atoms with Crippen LogP contribution < -0.4 is 4.74 Å². The second-order valence-electron chi connectivity index (χ2n) is 5.42. The number of nitrogens with zero attached hydrogens (tertiary/aromatic N) is 2. The lowest BCUT2D eigenvalue weighted by molar-refractivity contribution is -0.149. The Morgan fingerprint density at radius 2 is 2.23 bits per heavy atom. The lowest BCUT2D eigenvalue weighted by Crippen LogP contribution is -2.53. The van der Waals surface area contributed by atoms with Crippen LogP contribution in [0.15, 0.2) is 18.3 Å². The highest BCUT2D eigenvalue weighted by Gasteiger charge is 2.36. The predicted molar refractivity (Wildman–Crippen MR) is 82.0 cm³/mol. The third-order valence-corrected chi connectivity index (χ3v) is 4.99. The number of hydrogen-bond donors (Lipinski definition) is 0. The summed E-state index contributed by atoms with van der Waals surface area (Å²) in [5, 5.41) is 0. The summed E-state index contributed by atoms with van der Waals surface area (Å²) < 4.78 is 10.5. The molecule has 2 fully saturated rings. The summed E-state index contributed by atoms with van der Waals surface area (Å²) in [7, 11) is 1.36. The van der Waals surface area contributed by atoms with Gasteiger partial charge in [-0.3, -0.25) is 9.59 Å². The molecular weight excluding hydrogens is 304 g/mol. The van der Waals surface area contributed by atoms with Crippen molar-refractivity contribution in [1.29, 1.82) is 0 Å². The molecule has 0 aliphatic carbocycles. The molecule has 1 amide bonds. The topological polar surface area (TPSA) is 68.7 Å². The fraction of sp³-hybridized carbons (Fsp3) is 0.533. The maximum Gasteiger partial charge on any atom is 0.312 e. The summed E-state index contributed by atoms with van der Waals surface area (Å²) in [5.41, 5.74) is 0.541. The standard InChI is InChI=1S/C15H18N2O4S/c1-20-15(19)11-7-17(8-11)14(18)10-2-4-16-13(6-10)21-12-3-5-22-9-12/h2,4,6,11-12H,3,5,7-9H2,1H3. The largest absolute Gasteiger partial charge is 0.473 e. The summed E-state index contributed by atoms with van der Waals surface area (Å²) in [6.07, 6.45) is 2.77. The molecule has 2 aliphatic heterocycles. The van der Waals surface area contributed by atoms with E-state index < -0.39 is 0 Å². The van der Waals surface area contributed by atoms with Gasteiger partial charge in [0.05, 0.1) is 13.0 Å². The second kappa shape index (κ2) is 6.56. The van der Waals surface area contributed by atoms with Gasteiger partial charge < -0.3 is 14.4 Å². The van der Waals surface area contributed by atoms with Crippen LogP contribution in [-0.4, -0.2) is 59.6 Å². The van der Waals surface area contributed by atoms with Gasteiger partial charge in [-0.2, -0.15) is 11.8 Å². The number of aromatic nitrogens is 1. The van der Waals surface area contributed by atoms with Crippen LogP contribution in [0, 0.1) is 5.92 Å². The number of thioether (sulfide) groups is 1. The van der Waals surface area contributed by atoms with Crippen molar-refractivity contribution in [2.45, 2.75) is 12.5 Å². The second-order valence-corrected chi connectivity index (χ2v) is 6.57. The van der Waals surface area contributed by atoms with Crippen molar-refractivity contribution in [2.24, 2.45) is 5.92 Å². The molecule has 2 aliphatic rings. The number of likely N-dealkylation sites (tertiary alicyclic amines) is 1. The molecule has 1 aromatic rings. The molecule has 3 heterocycles. The Morgan fingerprint density at radius 3 is 2.91 bits per heavy atom. The van der Waals surface area contributed by atoms with Gasteiger partial charge in [0.25, 0.3) is 5.91 Å². The van der Waals surface area contributed by atoms with Gasteiger partial charge in [0.15, 0.2) is 0 Å². The highest BCUT2D eigenvalue weighted by molar-refractivity contribution is 7.99. The number of amides is 1. The van der Waals surface area contributed by atoms with Crippen LogP contribution in [0.1, 0.15) is 16.8 Å². The van der Waals surface area contributed by atoms with Crippen LogP contribution in [0.3, 0.4) is 0 Å². The molecule has 0 N–H and O–H groups in total. The SMILES string of the molecule is COC(=O)C1CN(C(=O)c2ccnc(OC3CCSC3)c2)C1. The predicted octanol–water partition coefficient (Wildman–Crippen LogP) is 1.21. The molecule has 1 atom stereocenters. The number of rotatable bonds is 4. The summed E-state index contributed by atoms with van der Waals surface area (Å²) in [6.45, 7) is 0.812. The Bertz CT molecular complexity index is 568. The molecule has 1 aromatic heterocycles. The van der Waals surface area contributed by atoms with E-state index in [2.05, 4.69) is 9.72 Å². The van der Waals surface area contributed by atoms with Gasteiger partial charge >= 0.3 is 5.97 Å². The molecule has 7 heteroatoms. The molecule has 1 unspecified atom stereocenters. The molecule has 22 heavy (non-hydrogen) atoms. The summed E-state index contributed by atoms with van der Waals surface area (Å²) in [6, 6.07) is 3.35. The average Bonchev–Trinajstić information content (AvgIpc) is 2.98. The minimum atomic E-state index is -0.262. The summed E-state index contributed by atoms with van der Waals surface area (Å²) in [4.78, 5) is 29.5. The average molecular weight is 322 g/mol. The first-order chi connectivity index (χ1) is 10.7. The van der Waals surface area contributed by atoms with Crippen LogP contribution in [0.4, 0.5) is 0 Å². The van der Waals surface area contributed by atoms with E-state index in [4.69, 9.17) is 4.74 Å². The Labute approximate surface area is 133 Å². The minimum absolute atomic E-state index is 0.104. The van der Waals surface area contributed by atoms with Crippen molar-refractivity contribution in [1.82, 2.24) is 9.88 Å². The van der Waals surface area contributed by atoms with Crippen molar-refractivity contribution < 1.29 is 19.1 Å². The smallest absolute Gasteiger partial charge is 0.312 e. The number of carbonyl (C=O) groups excluding carboxylic acids is 2. The fourth-order valence-corrected chi connectivity index (χ4v) is 3.62. The van der Waals surface area contributed by atoms with Gasteiger partial charge in [0.1, 0.15) is 6.10 Å². The molecule has 0 spiro atoms. The van der Waals surface area contributed by atoms with E-state index in [1.54, 1.807) is 23.2 Å². The van der Waals surface area contributed by atoms with E-state index in [1.807, 2.05) is 11.8 Å². The molecule has 118 valence electrons. The van der Waals surface area contributed by atoms with Crippen LogP contribution >= 0.6 is 11.8 Å². The molecule has 0 radical (unpaired) electrons. The number of pyridine rings is 1. The highest BCUT2D eigenvalue weighted by Crippen LogP contribution is 2.24. The quantitative estimate of drug-likeness (QED) is 0.776. The molecule has 0 aromatic carbocycles. The highest BCUT2D eigenvalue weighted by atomic mass is 32.2. The maximum atomic E-state index is 12.4. The van der Waals surface area contributed by atoms with Crippen LogP contribution in [0.5, 0.6) is 5.88 Å². The van der Waals surface area contributed by atoms with E-state index in [1.165, 1.54) is 7.11 Å². The van der Waals surface area contributed by atoms with E-state index in [9.17, 15) is 9.59 Å². The third-order valence-electron chi connectivity index (χ3n) is 3.86. The number of hydrogen-bond acceptors (Lipinski definition) is 6. The minimum Gasteiger partial charge on any atom is -0.473 e. The van der Waals surface area contributed by atoms with Crippen LogP contribution in [0.2, 0.25) is 0 Å². The van der Waals surface area contributed by atoms with Crippen molar-refractivity contribution in [3.05, 3.63) is 23.9 Å². The maximum absolute atomic E-state index is 12.4. The van der Waals surface area contributed by atoms with Crippen molar-refractivity contribution in [3.63, 3.8) is 0 Å². The summed E-state index contributed by atoms with van der Waals surface area (Å²) >= 11 is 1.86. The van der Waals surface area contributed by atoms with Gasteiger partial charge in [-0.05, 0) is 18.2 Å². The molecule has 0 bridgehead atoms. The number of esters is 1. The number of carbonyl (C=O) groups is 2. The van der Waals surface area contributed by atoms with Gasteiger partial charge in [-0.25, -0.2) is 4.98 Å². The first kappa shape index (κ1) is 15.1. The molecule has 3 rings (SSSR count). The zero-order chi connectivity index (χ0) is 15.5. The first-order valence-electron chi connectivity index (χ1n) is 7.25. The fourth-order valence-electron chi connectivity index (χ4n) is 2.53. The van der Waals surface area contributed by atoms with E-state index in [-0.39, 0.29) is 23.9 Å². The number of ether oxygens (including phenoxy) is 2. The zero-order valence-corrected chi connectivity index (χ0v) is 13.2. The van der Waals surface area contributed by atoms with E-state index in [0.717, 1.165) is 17.9 Å². The molecular formula is C15H18N2O4S. The molecule has 6 nitrogen and oxygen atoms in total. The lowest BCUT2D eigenvalue weighted by Gasteiger charge is -2.37. The Balaban J connectivity index is 1.60. The Morgan fingerprint density at radius 1 is 1.41 bits per heavy atom. The third kappa shape index (κ3) is 3.19. The Kier molecular flexibility index (Phi) is 4.52. The van der Waals surface area contributed by atoms with Crippen LogP contribution in [0.25, 0.3) is 0 Å². The summed E-state index contributed by atoms with van der Waals surface area (Å²) in [5.74, 6) is 1.99. The van der Waals surface area contributed by atoms with Crippen LogP contribution in [-0.2, 0) is 9.53 Å². The van der Waals surface area contributed by atoms with Gasteiger partial charge in [0, 0.05) is 36.7 Å². The van der Waals surface area contributed by atoms with Gasteiger partial charge in [-0.1, -0.05) is 0 Å². The monoisotopic (exact) mass is 322 g/mol. The van der Waals surface area contributed by atoms with Crippen molar-refractivity contribution >= 4 is 23.6 Å². The van der Waals surface area contributed by atoms with E-state index >= 15 is 0 Å². The Hall–Kier alpha value is -1.76. The van der Waals surface area contributed by atoms with Gasteiger partial charge in [0.2, 0.25) is 5.88 Å². The first-order valence-corrected chi connectivity index (χ1v) is 8.40. The van der Waals surface area contributed by atoms with E-state index in [0.29, 0.717) is 24.5 Å². The number of methoxy groups -OCH3 is 1. The van der Waals surface area contributed by atoms with Crippen molar-refractivity contribution in [3.8, 4) is 5.88 Å². The molecule has 0 saturated carbocycles.